The number of nitrogens with zero attached hydrogens (tertiary/aromatic N) is 2. The highest BCUT2D eigenvalue weighted by Gasteiger charge is 2.31. The second-order valence-electron chi connectivity index (χ2n) is 7.41. The molecule has 0 aliphatic heterocycles. The first-order chi connectivity index (χ1) is 15.5. The molecule has 0 aliphatic carbocycles. The van der Waals surface area contributed by atoms with Crippen molar-refractivity contribution >= 4 is 50.7 Å². The summed E-state index contributed by atoms with van der Waals surface area (Å²) in [5, 5.41) is 3.29. The number of carbonyl (C=O) groups is 2. The van der Waals surface area contributed by atoms with Gasteiger partial charge in [-0.2, -0.15) is 0 Å². The van der Waals surface area contributed by atoms with Crippen LogP contribution in [0.3, 0.4) is 0 Å². The first-order valence-corrected chi connectivity index (χ1v) is 12.8. The summed E-state index contributed by atoms with van der Waals surface area (Å²) < 4.78 is 39.9. The van der Waals surface area contributed by atoms with Gasteiger partial charge in [0.15, 0.2) is 0 Å². The lowest BCUT2D eigenvalue weighted by molar-refractivity contribution is -0.139. The van der Waals surface area contributed by atoms with Gasteiger partial charge in [-0.3, -0.25) is 13.9 Å². The van der Waals surface area contributed by atoms with E-state index >= 15 is 0 Å². The lowest BCUT2D eigenvalue weighted by atomic mass is 10.1. The first kappa shape index (κ1) is 26.9. The summed E-state index contributed by atoms with van der Waals surface area (Å²) >= 11 is 12.5. The molecule has 0 radical (unpaired) electrons. The van der Waals surface area contributed by atoms with Gasteiger partial charge in [0.25, 0.3) is 0 Å². The van der Waals surface area contributed by atoms with Crippen molar-refractivity contribution in [2.24, 2.45) is 0 Å². The molecule has 11 heteroatoms. The van der Waals surface area contributed by atoms with Crippen molar-refractivity contribution in [1.29, 1.82) is 0 Å². The molecule has 0 aromatic heterocycles. The van der Waals surface area contributed by atoms with Crippen LogP contribution in [0.5, 0.6) is 0 Å². The molecule has 1 N–H and O–H groups in total. The third-order valence-corrected chi connectivity index (χ3v) is 6.74. The molecule has 0 spiro atoms. The minimum Gasteiger partial charge on any atom is -0.354 e. The van der Waals surface area contributed by atoms with Crippen LogP contribution in [0.2, 0.25) is 10.0 Å². The SMILES string of the molecule is CCCNC(=O)[C@H](C)N(Cc1c(Cl)cccc1Cl)C(=O)CN(c1ccccc1F)S(C)(=O)=O. The molecule has 0 fully saturated rings. The smallest absolute Gasteiger partial charge is 0.244 e. The number of rotatable bonds is 10. The summed E-state index contributed by atoms with van der Waals surface area (Å²) in [6.07, 6.45) is 1.57. The third kappa shape index (κ3) is 7.06. The average Bonchev–Trinajstić information content (AvgIpc) is 2.75. The molecule has 0 unspecified atom stereocenters. The van der Waals surface area contributed by atoms with E-state index in [0.717, 1.165) is 12.3 Å². The molecule has 0 saturated heterocycles. The standard InChI is InChI=1S/C22H26Cl2FN3O4S/c1-4-12-26-22(30)15(2)27(13-16-17(23)8-7-9-18(16)24)21(29)14-28(33(3,31)32)20-11-6-5-10-19(20)25/h5-11,15H,4,12-14H2,1-3H3,(H,26,30)/t15-/m0/s1. The van der Waals surface area contributed by atoms with Gasteiger partial charge in [-0.15, -0.1) is 0 Å². The van der Waals surface area contributed by atoms with Gasteiger partial charge in [0.1, 0.15) is 18.4 Å². The fourth-order valence-corrected chi connectivity index (χ4v) is 4.45. The number of anilines is 1. The predicted molar refractivity (Wildman–Crippen MR) is 128 cm³/mol. The van der Waals surface area contributed by atoms with Crippen molar-refractivity contribution in [2.75, 3.05) is 23.7 Å². The zero-order valence-corrected chi connectivity index (χ0v) is 20.8. The van der Waals surface area contributed by atoms with Crippen LogP contribution in [-0.4, -0.2) is 50.5 Å². The summed E-state index contributed by atoms with van der Waals surface area (Å²) in [4.78, 5) is 27.2. The highest BCUT2D eigenvalue weighted by Crippen LogP contribution is 2.27. The maximum atomic E-state index is 14.4. The van der Waals surface area contributed by atoms with Crippen molar-refractivity contribution in [3.8, 4) is 0 Å². The molecule has 2 aromatic rings. The Balaban J connectivity index is 2.45. The zero-order chi connectivity index (χ0) is 24.8. The van der Waals surface area contributed by atoms with Gasteiger partial charge in [-0.1, -0.05) is 48.3 Å². The van der Waals surface area contributed by atoms with Crippen LogP contribution < -0.4 is 9.62 Å². The van der Waals surface area contributed by atoms with Gasteiger partial charge < -0.3 is 10.2 Å². The second kappa shape index (κ2) is 11.7. The lowest BCUT2D eigenvalue weighted by Crippen LogP contribution is -2.51. The molecular formula is C22H26Cl2FN3O4S. The Morgan fingerprint density at radius 2 is 1.70 bits per heavy atom. The molecule has 2 rings (SSSR count). The topological polar surface area (TPSA) is 86.8 Å². The average molecular weight is 518 g/mol. The van der Waals surface area contributed by atoms with Crippen LogP contribution in [0.25, 0.3) is 0 Å². The highest BCUT2D eigenvalue weighted by atomic mass is 35.5. The minimum atomic E-state index is -4.03. The number of amides is 2. The Morgan fingerprint density at radius 3 is 2.24 bits per heavy atom. The highest BCUT2D eigenvalue weighted by molar-refractivity contribution is 7.92. The molecule has 1 atom stereocenters. The summed E-state index contributed by atoms with van der Waals surface area (Å²) in [7, 11) is -4.03. The number of halogens is 3. The molecule has 33 heavy (non-hydrogen) atoms. The van der Waals surface area contributed by atoms with Crippen LogP contribution >= 0.6 is 23.2 Å². The number of benzene rings is 2. The van der Waals surface area contributed by atoms with E-state index in [4.69, 9.17) is 23.2 Å². The Bertz CT molecular complexity index is 1090. The van der Waals surface area contributed by atoms with E-state index in [0.29, 0.717) is 22.8 Å². The van der Waals surface area contributed by atoms with Gasteiger partial charge in [-0.25, -0.2) is 12.8 Å². The van der Waals surface area contributed by atoms with E-state index in [-0.39, 0.29) is 22.3 Å². The molecule has 180 valence electrons. The molecule has 2 aromatic carbocycles. The Morgan fingerprint density at radius 1 is 1.09 bits per heavy atom. The number of para-hydroxylation sites is 1. The van der Waals surface area contributed by atoms with Gasteiger partial charge in [0.05, 0.1) is 11.9 Å². The van der Waals surface area contributed by atoms with E-state index in [1.807, 2.05) is 6.92 Å². The molecule has 0 saturated carbocycles. The van der Waals surface area contributed by atoms with E-state index in [1.165, 1.54) is 30.0 Å². The Labute approximate surface area is 203 Å². The normalized spacial score (nSPS) is 12.2. The van der Waals surface area contributed by atoms with Gasteiger partial charge in [-0.05, 0) is 37.6 Å². The number of hydrogen-bond donors (Lipinski definition) is 1. The van der Waals surface area contributed by atoms with Crippen molar-refractivity contribution in [1.82, 2.24) is 10.2 Å². The van der Waals surface area contributed by atoms with Crippen molar-refractivity contribution < 1.29 is 22.4 Å². The minimum absolute atomic E-state index is 0.146. The Hall–Kier alpha value is -2.36. The predicted octanol–water partition coefficient (Wildman–Crippen LogP) is 3.84. The summed E-state index contributed by atoms with van der Waals surface area (Å²) in [5.41, 5.74) is 0.133. The third-order valence-electron chi connectivity index (χ3n) is 4.91. The summed E-state index contributed by atoms with van der Waals surface area (Å²) in [5.74, 6) is -1.95. The molecule has 7 nitrogen and oxygen atoms in total. The van der Waals surface area contributed by atoms with E-state index in [2.05, 4.69) is 5.32 Å². The number of carbonyl (C=O) groups excluding carboxylic acids is 2. The van der Waals surface area contributed by atoms with E-state index in [1.54, 1.807) is 18.2 Å². The maximum absolute atomic E-state index is 14.4. The van der Waals surface area contributed by atoms with Crippen LogP contribution in [0.4, 0.5) is 10.1 Å². The fourth-order valence-electron chi connectivity index (χ4n) is 3.08. The largest absolute Gasteiger partial charge is 0.354 e. The summed E-state index contributed by atoms with van der Waals surface area (Å²) in [6, 6.07) is 9.08. The van der Waals surface area contributed by atoms with Crippen molar-refractivity contribution in [2.45, 2.75) is 32.9 Å². The van der Waals surface area contributed by atoms with E-state index < -0.39 is 40.2 Å². The van der Waals surface area contributed by atoms with Crippen molar-refractivity contribution in [3.05, 3.63) is 63.9 Å². The fraction of sp³-hybridized carbons (Fsp3) is 0.364. The molecule has 0 bridgehead atoms. The zero-order valence-electron chi connectivity index (χ0n) is 18.5. The molecular weight excluding hydrogens is 492 g/mol. The van der Waals surface area contributed by atoms with Gasteiger partial charge in [0, 0.05) is 28.7 Å². The molecule has 0 aliphatic rings. The second-order valence-corrected chi connectivity index (χ2v) is 10.1. The van der Waals surface area contributed by atoms with Gasteiger partial charge >= 0.3 is 0 Å². The number of hydrogen-bond acceptors (Lipinski definition) is 4. The quantitative estimate of drug-likeness (QED) is 0.518. The van der Waals surface area contributed by atoms with E-state index in [9.17, 15) is 22.4 Å². The lowest BCUT2D eigenvalue weighted by Gasteiger charge is -2.32. The van der Waals surface area contributed by atoms with Crippen LogP contribution in [-0.2, 0) is 26.2 Å². The maximum Gasteiger partial charge on any atom is 0.244 e. The van der Waals surface area contributed by atoms with Crippen molar-refractivity contribution in [3.63, 3.8) is 0 Å². The number of nitrogens with one attached hydrogen (secondary N) is 1. The first-order valence-electron chi connectivity index (χ1n) is 10.2. The monoisotopic (exact) mass is 517 g/mol. The van der Waals surface area contributed by atoms with Crippen LogP contribution in [0.15, 0.2) is 42.5 Å². The Kier molecular flexibility index (Phi) is 9.51. The van der Waals surface area contributed by atoms with Gasteiger partial charge in [0.2, 0.25) is 21.8 Å². The number of sulfonamides is 1. The molecule has 2 amide bonds. The molecule has 0 heterocycles. The summed E-state index contributed by atoms with van der Waals surface area (Å²) in [6.45, 7) is 2.94. The van der Waals surface area contributed by atoms with Crippen LogP contribution in [0, 0.1) is 5.82 Å². The van der Waals surface area contributed by atoms with Crippen LogP contribution in [0.1, 0.15) is 25.8 Å².